The van der Waals surface area contributed by atoms with Crippen LogP contribution in [0.2, 0.25) is 0 Å². The standard InChI is InChI=1S/C13H19F3N2O/c1-9-5-11(19-12(9)6-17)8-18-4-2-3-10(7-18)13(14,15)16/h5,10H,2-4,6-8,17H2,1H3. The number of alkyl halides is 3. The van der Waals surface area contributed by atoms with E-state index in [4.69, 9.17) is 10.2 Å². The number of furan rings is 1. The Bertz CT molecular complexity index is 428. The first kappa shape index (κ1) is 14.4. The molecule has 2 N–H and O–H groups in total. The Morgan fingerprint density at radius 1 is 1.47 bits per heavy atom. The van der Waals surface area contributed by atoms with Gasteiger partial charge in [0.15, 0.2) is 0 Å². The van der Waals surface area contributed by atoms with Crippen molar-refractivity contribution in [3.05, 3.63) is 23.2 Å². The monoisotopic (exact) mass is 276 g/mol. The number of likely N-dealkylation sites (tertiary alicyclic amines) is 1. The number of halogens is 3. The zero-order chi connectivity index (χ0) is 14.0. The second kappa shape index (κ2) is 5.54. The Labute approximate surface area is 110 Å². The van der Waals surface area contributed by atoms with E-state index in [2.05, 4.69) is 0 Å². The van der Waals surface area contributed by atoms with Gasteiger partial charge in [-0.2, -0.15) is 13.2 Å². The molecule has 1 aromatic rings. The SMILES string of the molecule is Cc1cc(CN2CCCC(C(F)(F)F)C2)oc1CN. The summed E-state index contributed by atoms with van der Waals surface area (Å²) in [5, 5.41) is 0. The summed E-state index contributed by atoms with van der Waals surface area (Å²) in [6.45, 7) is 3.37. The van der Waals surface area contributed by atoms with Crippen molar-refractivity contribution in [3.63, 3.8) is 0 Å². The molecule has 0 bridgehead atoms. The Kier molecular flexibility index (Phi) is 4.20. The average molecular weight is 276 g/mol. The number of nitrogens with two attached hydrogens (primary N) is 1. The molecule has 0 aromatic carbocycles. The minimum atomic E-state index is -4.10. The third kappa shape index (κ3) is 3.51. The van der Waals surface area contributed by atoms with Gasteiger partial charge >= 0.3 is 6.18 Å². The lowest BCUT2D eigenvalue weighted by Crippen LogP contribution is -2.41. The molecular formula is C13H19F3N2O. The fourth-order valence-electron chi connectivity index (χ4n) is 2.56. The van der Waals surface area contributed by atoms with Crippen molar-refractivity contribution in [3.8, 4) is 0 Å². The fourth-order valence-corrected chi connectivity index (χ4v) is 2.56. The highest BCUT2D eigenvalue weighted by Gasteiger charge is 2.41. The highest BCUT2D eigenvalue weighted by Crippen LogP contribution is 2.33. The number of aryl methyl sites for hydroxylation is 1. The van der Waals surface area contributed by atoms with E-state index in [1.807, 2.05) is 13.0 Å². The van der Waals surface area contributed by atoms with Gasteiger partial charge < -0.3 is 10.2 Å². The maximum absolute atomic E-state index is 12.7. The van der Waals surface area contributed by atoms with Gasteiger partial charge in [-0.3, -0.25) is 4.90 Å². The van der Waals surface area contributed by atoms with Crippen LogP contribution in [0.5, 0.6) is 0 Å². The van der Waals surface area contributed by atoms with Gasteiger partial charge in [0.2, 0.25) is 0 Å². The molecule has 0 amide bonds. The van der Waals surface area contributed by atoms with Crippen LogP contribution in [0.25, 0.3) is 0 Å². The van der Waals surface area contributed by atoms with E-state index in [9.17, 15) is 13.2 Å². The van der Waals surface area contributed by atoms with Crippen LogP contribution in [0.4, 0.5) is 13.2 Å². The molecule has 0 saturated carbocycles. The molecule has 1 unspecified atom stereocenters. The first-order valence-corrected chi connectivity index (χ1v) is 6.47. The first-order valence-electron chi connectivity index (χ1n) is 6.47. The lowest BCUT2D eigenvalue weighted by atomic mass is 9.97. The highest BCUT2D eigenvalue weighted by atomic mass is 19.4. The Morgan fingerprint density at radius 3 is 2.79 bits per heavy atom. The van der Waals surface area contributed by atoms with Crippen molar-refractivity contribution < 1.29 is 17.6 Å². The lowest BCUT2D eigenvalue weighted by molar-refractivity contribution is -0.187. The zero-order valence-electron chi connectivity index (χ0n) is 11.0. The number of hydrogen-bond acceptors (Lipinski definition) is 3. The van der Waals surface area contributed by atoms with Gasteiger partial charge in [-0.1, -0.05) is 0 Å². The van der Waals surface area contributed by atoms with Gasteiger partial charge in [-0.05, 0) is 37.9 Å². The predicted molar refractivity (Wildman–Crippen MR) is 65.4 cm³/mol. The molecule has 0 spiro atoms. The second-order valence-electron chi connectivity index (χ2n) is 5.14. The van der Waals surface area contributed by atoms with Crippen LogP contribution in [-0.2, 0) is 13.1 Å². The molecule has 1 saturated heterocycles. The smallest absolute Gasteiger partial charge is 0.393 e. The average Bonchev–Trinajstić information content (AvgIpc) is 2.68. The summed E-state index contributed by atoms with van der Waals surface area (Å²) in [5.41, 5.74) is 6.48. The number of hydrogen-bond donors (Lipinski definition) is 1. The summed E-state index contributed by atoms with van der Waals surface area (Å²) < 4.78 is 43.7. The molecule has 1 aliphatic heterocycles. The summed E-state index contributed by atoms with van der Waals surface area (Å²) in [6.07, 6.45) is -3.29. The normalized spacial score (nSPS) is 21.8. The van der Waals surface area contributed by atoms with Gasteiger partial charge in [0.25, 0.3) is 0 Å². The third-order valence-corrected chi connectivity index (χ3v) is 3.60. The molecule has 3 nitrogen and oxygen atoms in total. The van der Waals surface area contributed by atoms with E-state index < -0.39 is 12.1 Å². The van der Waals surface area contributed by atoms with Gasteiger partial charge in [-0.25, -0.2) is 0 Å². The highest BCUT2D eigenvalue weighted by molar-refractivity contribution is 5.19. The molecule has 1 aliphatic rings. The first-order chi connectivity index (χ1) is 8.90. The Morgan fingerprint density at radius 2 is 2.21 bits per heavy atom. The van der Waals surface area contributed by atoms with E-state index in [0.29, 0.717) is 37.6 Å². The topological polar surface area (TPSA) is 42.4 Å². The van der Waals surface area contributed by atoms with Crippen molar-refractivity contribution in [1.29, 1.82) is 0 Å². The van der Waals surface area contributed by atoms with Crippen LogP contribution >= 0.6 is 0 Å². The molecule has 19 heavy (non-hydrogen) atoms. The molecular weight excluding hydrogens is 257 g/mol. The summed E-state index contributed by atoms with van der Waals surface area (Å²) in [6, 6.07) is 1.86. The number of rotatable bonds is 3. The van der Waals surface area contributed by atoms with Crippen LogP contribution in [-0.4, -0.2) is 24.2 Å². The van der Waals surface area contributed by atoms with Crippen molar-refractivity contribution in [2.24, 2.45) is 11.7 Å². The number of piperidine rings is 1. The zero-order valence-corrected chi connectivity index (χ0v) is 11.0. The van der Waals surface area contributed by atoms with E-state index in [0.717, 1.165) is 5.56 Å². The molecule has 1 aromatic heterocycles. The van der Waals surface area contributed by atoms with Crippen LogP contribution in [0, 0.1) is 12.8 Å². The van der Waals surface area contributed by atoms with Gasteiger partial charge in [0, 0.05) is 6.54 Å². The summed E-state index contributed by atoms with van der Waals surface area (Å²) >= 11 is 0. The summed E-state index contributed by atoms with van der Waals surface area (Å²) in [4.78, 5) is 1.81. The summed E-state index contributed by atoms with van der Waals surface area (Å²) in [5.74, 6) is 0.187. The largest absolute Gasteiger partial charge is 0.463 e. The van der Waals surface area contributed by atoms with Crippen LogP contribution in [0.15, 0.2) is 10.5 Å². The Balaban J connectivity index is 1.98. The molecule has 1 fully saturated rings. The number of nitrogens with zero attached hydrogens (tertiary/aromatic N) is 1. The molecule has 1 atom stereocenters. The van der Waals surface area contributed by atoms with Crippen LogP contribution in [0.3, 0.4) is 0 Å². The second-order valence-corrected chi connectivity index (χ2v) is 5.14. The van der Waals surface area contributed by atoms with Crippen LogP contribution < -0.4 is 5.73 Å². The molecule has 6 heteroatoms. The minimum Gasteiger partial charge on any atom is -0.463 e. The van der Waals surface area contributed by atoms with E-state index in [1.54, 1.807) is 4.90 Å². The van der Waals surface area contributed by atoms with Gasteiger partial charge in [-0.15, -0.1) is 0 Å². The molecule has 2 rings (SSSR count). The maximum Gasteiger partial charge on any atom is 0.393 e. The molecule has 0 aliphatic carbocycles. The van der Waals surface area contributed by atoms with E-state index in [1.165, 1.54) is 0 Å². The molecule has 0 radical (unpaired) electrons. The molecule has 2 heterocycles. The third-order valence-electron chi connectivity index (χ3n) is 3.60. The van der Waals surface area contributed by atoms with Crippen molar-refractivity contribution >= 4 is 0 Å². The quantitative estimate of drug-likeness (QED) is 0.923. The van der Waals surface area contributed by atoms with Crippen molar-refractivity contribution in [2.45, 2.75) is 39.0 Å². The van der Waals surface area contributed by atoms with Crippen molar-refractivity contribution in [2.75, 3.05) is 13.1 Å². The van der Waals surface area contributed by atoms with Gasteiger partial charge in [0.1, 0.15) is 11.5 Å². The molecule has 108 valence electrons. The van der Waals surface area contributed by atoms with Crippen LogP contribution in [0.1, 0.15) is 29.9 Å². The maximum atomic E-state index is 12.7. The minimum absolute atomic E-state index is 0.0568. The van der Waals surface area contributed by atoms with E-state index >= 15 is 0 Å². The van der Waals surface area contributed by atoms with Gasteiger partial charge in [0.05, 0.1) is 19.0 Å². The lowest BCUT2D eigenvalue weighted by Gasteiger charge is -2.33. The Hall–Kier alpha value is -1.01. The predicted octanol–water partition coefficient (Wildman–Crippen LogP) is 2.82. The van der Waals surface area contributed by atoms with E-state index in [-0.39, 0.29) is 13.0 Å². The fraction of sp³-hybridized carbons (Fsp3) is 0.692. The summed E-state index contributed by atoms with van der Waals surface area (Å²) in [7, 11) is 0. The van der Waals surface area contributed by atoms with Crippen molar-refractivity contribution in [1.82, 2.24) is 4.90 Å².